The van der Waals surface area contributed by atoms with E-state index in [1.807, 2.05) is 45.8 Å². The van der Waals surface area contributed by atoms with Gasteiger partial charge in [0.25, 0.3) is 0 Å². The minimum Gasteiger partial charge on any atom is -0.391 e. The van der Waals surface area contributed by atoms with E-state index in [4.69, 9.17) is 0 Å². The second kappa shape index (κ2) is 10.8. The minimum atomic E-state index is -3.46. The van der Waals surface area contributed by atoms with Crippen molar-refractivity contribution in [1.29, 1.82) is 0 Å². The highest BCUT2D eigenvalue weighted by molar-refractivity contribution is 7.89. The van der Waals surface area contributed by atoms with Crippen molar-refractivity contribution in [3.8, 4) is 0 Å². The summed E-state index contributed by atoms with van der Waals surface area (Å²) in [6.07, 6.45) is 1.66. The first kappa shape index (κ1) is 24.2. The Bertz CT molecular complexity index is 898. The lowest BCUT2D eigenvalue weighted by Gasteiger charge is -2.37. The molecule has 0 bridgehead atoms. The molecule has 1 aromatic carbocycles. The van der Waals surface area contributed by atoms with Crippen molar-refractivity contribution in [3.05, 3.63) is 47.9 Å². The van der Waals surface area contributed by atoms with Crippen molar-refractivity contribution in [2.24, 2.45) is 0 Å². The maximum absolute atomic E-state index is 12.8. The van der Waals surface area contributed by atoms with Crippen LogP contribution in [0, 0.1) is 0 Å². The van der Waals surface area contributed by atoms with Crippen molar-refractivity contribution in [1.82, 2.24) is 19.2 Å². The van der Waals surface area contributed by atoms with Gasteiger partial charge in [0.15, 0.2) is 0 Å². The van der Waals surface area contributed by atoms with Crippen LogP contribution in [0.3, 0.4) is 0 Å². The van der Waals surface area contributed by atoms with Crippen LogP contribution < -0.4 is 4.90 Å². The molecule has 9 heteroatoms. The monoisotopic (exact) mass is 435 g/mol. The smallest absolute Gasteiger partial charge is 0.243 e. The summed E-state index contributed by atoms with van der Waals surface area (Å²) >= 11 is 0. The third kappa shape index (κ3) is 5.34. The molecule has 1 N–H and O–H groups in total. The van der Waals surface area contributed by atoms with Crippen LogP contribution >= 0.6 is 0 Å². The number of rotatable bonds is 6. The minimum absolute atomic E-state index is 0.0481. The summed E-state index contributed by atoms with van der Waals surface area (Å²) in [6, 6.07) is 8.49. The standard InChI is InChI=1S/C19H27N5O3S.C2H6/c1-15(18-20-13-16(14-25)19(21-18)22(2)3)23-9-11-24(12-10-23)28(26,27)17-7-5-4-6-8-17;1-2/h4-8,13,15,25H,9-12,14H2,1-3H3;1-2H3. The number of anilines is 1. The van der Waals surface area contributed by atoms with E-state index in [1.165, 1.54) is 4.31 Å². The van der Waals surface area contributed by atoms with Crippen LogP contribution in [0.1, 0.15) is 38.2 Å². The number of aliphatic hydroxyl groups is 1. The van der Waals surface area contributed by atoms with Gasteiger partial charge >= 0.3 is 0 Å². The first-order valence-corrected chi connectivity index (χ1v) is 11.7. The van der Waals surface area contributed by atoms with E-state index < -0.39 is 10.0 Å². The van der Waals surface area contributed by atoms with E-state index >= 15 is 0 Å². The molecule has 8 nitrogen and oxygen atoms in total. The van der Waals surface area contributed by atoms with Gasteiger partial charge in [-0.15, -0.1) is 0 Å². The van der Waals surface area contributed by atoms with E-state index in [1.54, 1.807) is 30.5 Å². The van der Waals surface area contributed by atoms with Gasteiger partial charge in [-0.25, -0.2) is 18.4 Å². The highest BCUT2D eigenvalue weighted by atomic mass is 32.2. The third-order valence-electron chi connectivity index (χ3n) is 5.03. The van der Waals surface area contributed by atoms with Crippen LogP contribution in [0.25, 0.3) is 0 Å². The molecule has 1 saturated heterocycles. The average Bonchev–Trinajstić information content (AvgIpc) is 2.80. The Hall–Kier alpha value is -2.07. The lowest BCUT2D eigenvalue weighted by atomic mass is 10.2. The topological polar surface area (TPSA) is 89.9 Å². The highest BCUT2D eigenvalue weighted by Crippen LogP contribution is 2.24. The molecule has 1 aliphatic rings. The molecule has 2 heterocycles. The number of aliphatic hydroxyl groups excluding tert-OH is 1. The molecule has 0 radical (unpaired) electrons. The maximum Gasteiger partial charge on any atom is 0.243 e. The molecule has 3 rings (SSSR count). The van der Waals surface area contributed by atoms with Crippen LogP contribution in [-0.2, 0) is 16.6 Å². The fourth-order valence-corrected chi connectivity index (χ4v) is 4.79. The molecule has 0 spiro atoms. The van der Waals surface area contributed by atoms with Gasteiger partial charge in [0.05, 0.1) is 17.5 Å². The molecule has 2 aromatic rings. The first-order valence-electron chi connectivity index (χ1n) is 10.3. The molecule has 0 aliphatic carbocycles. The molecular formula is C21H33N5O3S. The van der Waals surface area contributed by atoms with Gasteiger partial charge in [-0.2, -0.15) is 4.31 Å². The number of sulfonamides is 1. The Morgan fingerprint density at radius 1 is 1.10 bits per heavy atom. The molecular weight excluding hydrogens is 402 g/mol. The molecule has 1 aromatic heterocycles. The fraction of sp³-hybridized carbons (Fsp3) is 0.524. The van der Waals surface area contributed by atoms with Crippen molar-refractivity contribution >= 4 is 15.8 Å². The molecule has 1 unspecified atom stereocenters. The van der Waals surface area contributed by atoms with E-state index in [0.717, 1.165) is 0 Å². The first-order chi connectivity index (χ1) is 14.3. The lowest BCUT2D eigenvalue weighted by molar-refractivity contribution is 0.141. The SMILES string of the molecule is CC.CC(c1ncc(CO)c(N(C)C)n1)N1CCN(S(=O)(=O)c2ccccc2)CC1. The average molecular weight is 436 g/mol. The summed E-state index contributed by atoms with van der Waals surface area (Å²) in [6.45, 7) is 7.98. The second-order valence-corrected chi connectivity index (χ2v) is 9.00. The number of hydrogen-bond acceptors (Lipinski definition) is 7. The molecule has 1 fully saturated rings. The summed E-state index contributed by atoms with van der Waals surface area (Å²) in [4.78, 5) is 13.4. The number of hydrogen-bond donors (Lipinski definition) is 1. The van der Waals surface area contributed by atoms with Gasteiger partial charge in [-0.1, -0.05) is 32.0 Å². The second-order valence-electron chi connectivity index (χ2n) is 7.06. The zero-order valence-corrected chi connectivity index (χ0v) is 19.3. The molecule has 1 aliphatic heterocycles. The zero-order valence-electron chi connectivity index (χ0n) is 18.5. The zero-order chi connectivity index (χ0) is 22.3. The van der Waals surface area contributed by atoms with Crippen LogP contribution in [0.2, 0.25) is 0 Å². The van der Waals surface area contributed by atoms with Gasteiger partial charge in [0.2, 0.25) is 10.0 Å². The summed E-state index contributed by atoms with van der Waals surface area (Å²) in [5.41, 5.74) is 0.680. The van der Waals surface area contributed by atoms with E-state index in [2.05, 4.69) is 14.9 Å². The molecule has 30 heavy (non-hydrogen) atoms. The van der Waals surface area contributed by atoms with Crippen molar-refractivity contribution < 1.29 is 13.5 Å². The largest absolute Gasteiger partial charge is 0.391 e. The van der Waals surface area contributed by atoms with Gasteiger partial charge in [0, 0.05) is 52.0 Å². The third-order valence-corrected chi connectivity index (χ3v) is 6.94. The Morgan fingerprint density at radius 3 is 2.23 bits per heavy atom. The number of nitrogens with zero attached hydrogens (tertiary/aromatic N) is 5. The predicted octanol–water partition coefficient (Wildman–Crippen LogP) is 2.13. The summed E-state index contributed by atoms with van der Waals surface area (Å²) in [7, 11) is 0.294. The van der Waals surface area contributed by atoms with Crippen molar-refractivity contribution in [2.75, 3.05) is 45.2 Å². The molecule has 0 saturated carbocycles. The van der Waals surface area contributed by atoms with Gasteiger partial charge < -0.3 is 10.0 Å². The van der Waals surface area contributed by atoms with Crippen LogP contribution in [-0.4, -0.2) is 73.0 Å². The van der Waals surface area contributed by atoms with E-state index in [-0.39, 0.29) is 12.6 Å². The van der Waals surface area contributed by atoms with Crippen LogP contribution in [0.4, 0.5) is 5.82 Å². The Balaban J connectivity index is 0.00000155. The van der Waals surface area contributed by atoms with Crippen LogP contribution in [0.15, 0.2) is 41.4 Å². The van der Waals surface area contributed by atoms with Crippen molar-refractivity contribution in [3.63, 3.8) is 0 Å². The number of benzene rings is 1. The van der Waals surface area contributed by atoms with Crippen LogP contribution in [0.5, 0.6) is 0 Å². The summed E-state index contributed by atoms with van der Waals surface area (Å²) in [5.74, 6) is 1.37. The highest BCUT2D eigenvalue weighted by Gasteiger charge is 2.31. The summed E-state index contributed by atoms with van der Waals surface area (Å²) < 4.78 is 27.1. The summed E-state index contributed by atoms with van der Waals surface area (Å²) in [5, 5.41) is 9.47. The quantitative estimate of drug-likeness (QED) is 0.743. The van der Waals surface area contributed by atoms with E-state index in [0.29, 0.717) is 48.3 Å². The Kier molecular flexibility index (Phi) is 8.72. The van der Waals surface area contributed by atoms with Gasteiger partial charge in [0.1, 0.15) is 11.6 Å². The predicted molar refractivity (Wildman–Crippen MR) is 119 cm³/mol. The fourth-order valence-electron chi connectivity index (χ4n) is 3.35. The Morgan fingerprint density at radius 2 is 1.70 bits per heavy atom. The lowest BCUT2D eigenvalue weighted by Crippen LogP contribution is -2.49. The molecule has 1 atom stereocenters. The molecule has 0 amide bonds. The molecule has 166 valence electrons. The van der Waals surface area contributed by atoms with Gasteiger partial charge in [-0.05, 0) is 19.1 Å². The van der Waals surface area contributed by atoms with E-state index in [9.17, 15) is 13.5 Å². The maximum atomic E-state index is 12.8. The van der Waals surface area contributed by atoms with Gasteiger partial charge in [-0.3, -0.25) is 4.90 Å². The van der Waals surface area contributed by atoms with Crippen molar-refractivity contribution in [2.45, 2.75) is 38.3 Å². The number of aromatic nitrogens is 2. The normalized spacial score (nSPS) is 16.5. The number of piperazine rings is 1. The Labute approximate surface area is 180 Å².